The summed E-state index contributed by atoms with van der Waals surface area (Å²) in [7, 11) is 4.61. The van der Waals surface area contributed by atoms with Gasteiger partial charge in [0.1, 0.15) is 0 Å². The highest BCUT2D eigenvalue weighted by Gasteiger charge is 2.04. The lowest BCUT2D eigenvalue weighted by Crippen LogP contribution is -2.01. The molecule has 3 nitrogen and oxygen atoms in total. The molecule has 0 heterocycles. The van der Waals surface area contributed by atoms with Crippen LogP contribution in [0.1, 0.15) is 15.9 Å². The highest BCUT2D eigenvalue weighted by Crippen LogP contribution is 2.07. The lowest BCUT2D eigenvalue weighted by Gasteiger charge is -2.02. The molecule has 13 heavy (non-hydrogen) atoms. The highest BCUT2D eigenvalue weighted by molar-refractivity contribution is 5.89. The van der Waals surface area contributed by atoms with Gasteiger partial charge in [0.15, 0.2) is 0 Å². The van der Waals surface area contributed by atoms with Gasteiger partial charge in [-0.25, -0.2) is 4.79 Å². The van der Waals surface area contributed by atoms with Crippen LogP contribution in [-0.4, -0.2) is 13.1 Å². The zero-order valence-electron chi connectivity index (χ0n) is 7.45. The molecule has 3 heteroatoms. The van der Waals surface area contributed by atoms with E-state index in [2.05, 4.69) is 11.8 Å². The first-order chi connectivity index (χ1) is 6.27. The Labute approximate surface area is 77.3 Å². The van der Waals surface area contributed by atoms with Gasteiger partial charge in [-0.05, 0) is 17.7 Å². The van der Waals surface area contributed by atoms with Crippen molar-refractivity contribution in [3.63, 3.8) is 0 Å². The standard InChI is InChI=1S/C10H11O3/c1-12-7-8-4-3-5-9(6-8)10(11)13-2/h3-6H,1,7H2,2H3. The van der Waals surface area contributed by atoms with E-state index in [-0.39, 0.29) is 5.97 Å². The molecule has 0 aliphatic carbocycles. The first-order valence-electron chi connectivity index (χ1n) is 3.82. The average molecular weight is 179 g/mol. The Morgan fingerprint density at radius 1 is 1.54 bits per heavy atom. The summed E-state index contributed by atoms with van der Waals surface area (Å²) in [6.07, 6.45) is 0. The molecule has 0 fully saturated rings. The maximum atomic E-state index is 11.1. The van der Waals surface area contributed by atoms with E-state index >= 15 is 0 Å². The fourth-order valence-electron chi connectivity index (χ4n) is 1.02. The molecule has 0 aliphatic heterocycles. The zero-order chi connectivity index (χ0) is 9.68. The summed E-state index contributed by atoms with van der Waals surface area (Å²) >= 11 is 0. The Morgan fingerprint density at radius 3 is 2.92 bits per heavy atom. The van der Waals surface area contributed by atoms with Crippen LogP contribution in [0.25, 0.3) is 0 Å². The maximum Gasteiger partial charge on any atom is 0.337 e. The molecule has 0 spiro atoms. The second kappa shape index (κ2) is 4.62. The second-order valence-corrected chi connectivity index (χ2v) is 2.54. The number of esters is 1. The van der Waals surface area contributed by atoms with Crippen molar-refractivity contribution < 1.29 is 14.3 Å². The number of carbonyl (C=O) groups excluding carboxylic acids is 1. The van der Waals surface area contributed by atoms with E-state index in [0.29, 0.717) is 12.2 Å². The van der Waals surface area contributed by atoms with Crippen molar-refractivity contribution in [3.05, 3.63) is 42.5 Å². The van der Waals surface area contributed by atoms with Gasteiger partial charge in [0.05, 0.1) is 26.4 Å². The van der Waals surface area contributed by atoms with Gasteiger partial charge in [-0.3, -0.25) is 0 Å². The molecule has 0 atom stereocenters. The highest BCUT2D eigenvalue weighted by atomic mass is 16.5. The van der Waals surface area contributed by atoms with Crippen LogP contribution in [0.4, 0.5) is 0 Å². The van der Waals surface area contributed by atoms with E-state index in [9.17, 15) is 4.79 Å². The normalized spacial score (nSPS) is 9.69. The molecule has 0 unspecified atom stereocenters. The molecule has 1 aromatic carbocycles. The molecule has 0 bridgehead atoms. The van der Waals surface area contributed by atoms with Crippen LogP contribution in [0.5, 0.6) is 0 Å². The van der Waals surface area contributed by atoms with Gasteiger partial charge < -0.3 is 9.47 Å². The van der Waals surface area contributed by atoms with Crippen LogP contribution in [0.3, 0.4) is 0 Å². The van der Waals surface area contributed by atoms with Crippen LogP contribution in [0.2, 0.25) is 0 Å². The topological polar surface area (TPSA) is 35.5 Å². The SMILES string of the molecule is [CH2]OCc1cccc(C(=O)OC)c1. The van der Waals surface area contributed by atoms with Gasteiger partial charge in [0.25, 0.3) is 0 Å². The van der Waals surface area contributed by atoms with Gasteiger partial charge in [0.2, 0.25) is 0 Å². The maximum absolute atomic E-state index is 11.1. The minimum atomic E-state index is -0.342. The summed E-state index contributed by atoms with van der Waals surface area (Å²) in [4.78, 5) is 11.1. The lowest BCUT2D eigenvalue weighted by molar-refractivity contribution is 0.0600. The molecule has 0 saturated carbocycles. The van der Waals surface area contributed by atoms with E-state index < -0.39 is 0 Å². The largest absolute Gasteiger partial charge is 0.465 e. The van der Waals surface area contributed by atoms with Crippen LogP contribution < -0.4 is 0 Å². The Balaban J connectivity index is 2.85. The molecule has 69 valence electrons. The van der Waals surface area contributed by atoms with Gasteiger partial charge >= 0.3 is 5.97 Å². The van der Waals surface area contributed by atoms with Gasteiger partial charge in [-0.15, -0.1) is 0 Å². The van der Waals surface area contributed by atoms with Crippen molar-refractivity contribution in [2.24, 2.45) is 0 Å². The minimum Gasteiger partial charge on any atom is -0.465 e. The monoisotopic (exact) mass is 179 g/mol. The quantitative estimate of drug-likeness (QED) is 0.663. The van der Waals surface area contributed by atoms with Crippen molar-refractivity contribution in [1.82, 2.24) is 0 Å². The van der Waals surface area contributed by atoms with Crippen molar-refractivity contribution >= 4 is 5.97 Å². The number of methoxy groups -OCH3 is 1. The summed E-state index contributed by atoms with van der Waals surface area (Å²) in [6.45, 7) is 0.394. The van der Waals surface area contributed by atoms with Gasteiger partial charge in [-0.1, -0.05) is 12.1 Å². The number of hydrogen-bond donors (Lipinski definition) is 0. The van der Waals surface area contributed by atoms with Gasteiger partial charge in [0, 0.05) is 0 Å². The third kappa shape index (κ3) is 2.56. The Morgan fingerprint density at radius 2 is 2.31 bits per heavy atom. The Hall–Kier alpha value is -1.35. The Bertz CT molecular complexity index is 294. The molecule has 1 aromatic rings. The number of carbonyl (C=O) groups is 1. The number of hydrogen-bond acceptors (Lipinski definition) is 3. The van der Waals surface area contributed by atoms with Crippen molar-refractivity contribution in [2.75, 3.05) is 7.11 Å². The van der Waals surface area contributed by atoms with Crippen LogP contribution in [0.15, 0.2) is 24.3 Å². The molecule has 0 N–H and O–H groups in total. The fraction of sp³-hybridized carbons (Fsp3) is 0.200. The molecular formula is C10H11O3. The van der Waals surface area contributed by atoms with Crippen LogP contribution in [0, 0.1) is 7.11 Å². The zero-order valence-corrected chi connectivity index (χ0v) is 7.45. The van der Waals surface area contributed by atoms with E-state index in [0.717, 1.165) is 5.56 Å². The van der Waals surface area contributed by atoms with E-state index in [1.165, 1.54) is 7.11 Å². The predicted molar refractivity (Wildman–Crippen MR) is 47.9 cm³/mol. The van der Waals surface area contributed by atoms with Crippen LogP contribution in [-0.2, 0) is 16.1 Å². The summed E-state index contributed by atoms with van der Waals surface area (Å²) in [5, 5.41) is 0. The van der Waals surface area contributed by atoms with E-state index in [1.54, 1.807) is 18.2 Å². The molecule has 0 aromatic heterocycles. The molecule has 1 radical (unpaired) electrons. The van der Waals surface area contributed by atoms with Crippen molar-refractivity contribution in [2.45, 2.75) is 6.61 Å². The van der Waals surface area contributed by atoms with E-state index in [1.807, 2.05) is 6.07 Å². The Kier molecular flexibility index (Phi) is 3.46. The first kappa shape index (κ1) is 9.74. The molecule has 0 aliphatic rings. The summed E-state index contributed by atoms with van der Waals surface area (Å²) < 4.78 is 9.27. The molecule has 1 rings (SSSR count). The smallest absolute Gasteiger partial charge is 0.337 e. The molecular weight excluding hydrogens is 168 g/mol. The number of ether oxygens (including phenoxy) is 2. The third-order valence-electron chi connectivity index (χ3n) is 1.62. The van der Waals surface area contributed by atoms with Crippen molar-refractivity contribution in [3.8, 4) is 0 Å². The van der Waals surface area contributed by atoms with Crippen molar-refractivity contribution in [1.29, 1.82) is 0 Å². The van der Waals surface area contributed by atoms with Crippen LogP contribution >= 0.6 is 0 Å². The minimum absolute atomic E-state index is 0.342. The number of benzene rings is 1. The second-order valence-electron chi connectivity index (χ2n) is 2.54. The first-order valence-corrected chi connectivity index (χ1v) is 3.82. The summed E-state index contributed by atoms with van der Waals surface area (Å²) in [5.74, 6) is -0.342. The number of rotatable bonds is 3. The van der Waals surface area contributed by atoms with E-state index in [4.69, 9.17) is 4.74 Å². The lowest BCUT2D eigenvalue weighted by atomic mass is 10.1. The van der Waals surface area contributed by atoms with Gasteiger partial charge in [-0.2, -0.15) is 0 Å². The third-order valence-corrected chi connectivity index (χ3v) is 1.62. The summed E-state index contributed by atoms with van der Waals surface area (Å²) in [5.41, 5.74) is 1.43. The predicted octanol–water partition coefficient (Wildman–Crippen LogP) is 1.78. The average Bonchev–Trinajstić information content (AvgIpc) is 2.18. The fourth-order valence-corrected chi connectivity index (χ4v) is 1.02. The molecule has 0 amide bonds. The molecule has 0 saturated heterocycles. The summed E-state index contributed by atoms with van der Waals surface area (Å²) in [6, 6.07) is 7.05.